The van der Waals surface area contributed by atoms with Gasteiger partial charge in [-0.1, -0.05) is 19.1 Å². The topological polar surface area (TPSA) is 98.8 Å². The molecule has 0 radical (unpaired) electrons. The lowest BCUT2D eigenvalue weighted by Crippen LogP contribution is -2.28. The molecule has 0 unspecified atom stereocenters. The highest BCUT2D eigenvalue weighted by Crippen LogP contribution is 2.25. The minimum absolute atomic E-state index is 0.00940. The van der Waals surface area contributed by atoms with Crippen LogP contribution in [0.5, 0.6) is 11.5 Å². The Labute approximate surface area is 153 Å². The number of nitrogens with one attached hydrogen (secondary N) is 1. The smallest absolute Gasteiger partial charge is 0.240 e. The molecule has 0 saturated carbocycles. The van der Waals surface area contributed by atoms with Crippen molar-refractivity contribution in [2.75, 3.05) is 26.0 Å². The van der Waals surface area contributed by atoms with E-state index in [0.717, 1.165) is 0 Å². The molecule has 26 heavy (non-hydrogen) atoms. The average molecular weight is 399 g/mol. The SMILES string of the molecule is CCS(=O)(=O)c1ccc(S(=O)(=O)NCCOc2ccccc2OC)cc1. The molecule has 0 aromatic heterocycles. The summed E-state index contributed by atoms with van der Waals surface area (Å²) >= 11 is 0. The van der Waals surface area contributed by atoms with E-state index in [1.165, 1.54) is 38.3 Å². The third-order valence-corrected chi connectivity index (χ3v) is 6.82. The lowest BCUT2D eigenvalue weighted by Gasteiger charge is -2.11. The molecule has 142 valence electrons. The summed E-state index contributed by atoms with van der Waals surface area (Å²) in [5.41, 5.74) is 0. The van der Waals surface area contributed by atoms with Crippen LogP contribution in [-0.2, 0) is 19.9 Å². The average Bonchev–Trinajstić information content (AvgIpc) is 2.65. The molecule has 7 nitrogen and oxygen atoms in total. The summed E-state index contributed by atoms with van der Waals surface area (Å²) in [7, 11) is -5.60. The van der Waals surface area contributed by atoms with Gasteiger partial charge in [-0.2, -0.15) is 0 Å². The van der Waals surface area contributed by atoms with E-state index >= 15 is 0 Å². The van der Waals surface area contributed by atoms with Crippen LogP contribution in [0.1, 0.15) is 6.92 Å². The van der Waals surface area contributed by atoms with E-state index in [1.54, 1.807) is 24.3 Å². The maximum Gasteiger partial charge on any atom is 0.240 e. The quantitative estimate of drug-likeness (QED) is 0.646. The number of methoxy groups -OCH3 is 1. The standard InChI is InChI=1S/C17H21NO6S2/c1-3-25(19,20)14-8-10-15(11-9-14)26(21,22)18-12-13-24-17-7-5-4-6-16(17)23-2/h4-11,18H,3,12-13H2,1-2H3. The molecule has 0 heterocycles. The first-order valence-corrected chi connectivity index (χ1v) is 11.0. The summed E-state index contributed by atoms with van der Waals surface area (Å²) < 4.78 is 61.1. The highest BCUT2D eigenvalue weighted by Gasteiger charge is 2.16. The fourth-order valence-electron chi connectivity index (χ4n) is 2.15. The maximum absolute atomic E-state index is 12.3. The Morgan fingerprint density at radius 3 is 2.04 bits per heavy atom. The second kappa shape index (κ2) is 8.52. The summed E-state index contributed by atoms with van der Waals surface area (Å²) in [6, 6.07) is 12.2. The van der Waals surface area contributed by atoms with Gasteiger partial charge in [-0.25, -0.2) is 21.6 Å². The fourth-order valence-corrected chi connectivity index (χ4v) is 4.05. The van der Waals surface area contributed by atoms with Gasteiger partial charge in [0, 0.05) is 6.54 Å². The first-order chi connectivity index (χ1) is 12.3. The number of hydrogen-bond acceptors (Lipinski definition) is 6. The largest absolute Gasteiger partial charge is 0.493 e. The summed E-state index contributed by atoms with van der Waals surface area (Å²) in [6.45, 7) is 1.70. The van der Waals surface area contributed by atoms with Crippen LogP contribution in [0.4, 0.5) is 0 Å². The number of ether oxygens (including phenoxy) is 2. The van der Waals surface area contributed by atoms with Crippen molar-refractivity contribution >= 4 is 19.9 Å². The molecule has 0 fully saturated rings. The minimum atomic E-state index is -3.76. The van der Waals surface area contributed by atoms with E-state index in [0.29, 0.717) is 11.5 Å². The van der Waals surface area contributed by atoms with Crippen LogP contribution in [0.25, 0.3) is 0 Å². The Hall–Kier alpha value is -2.10. The van der Waals surface area contributed by atoms with Gasteiger partial charge in [0.1, 0.15) is 6.61 Å². The van der Waals surface area contributed by atoms with Crippen LogP contribution in [0.15, 0.2) is 58.3 Å². The summed E-state index contributed by atoms with van der Waals surface area (Å²) in [5.74, 6) is 1.03. The van der Waals surface area contributed by atoms with E-state index in [4.69, 9.17) is 9.47 Å². The Balaban J connectivity index is 1.96. The molecular formula is C17H21NO6S2. The Kier molecular flexibility index (Phi) is 6.63. The fraction of sp³-hybridized carbons (Fsp3) is 0.294. The summed E-state index contributed by atoms with van der Waals surface area (Å²) in [4.78, 5) is 0.0864. The van der Waals surface area contributed by atoms with Gasteiger partial charge in [0.25, 0.3) is 0 Å². The van der Waals surface area contributed by atoms with Gasteiger partial charge < -0.3 is 9.47 Å². The molecule has 2 rings (SSSR count). The molecule has 0 amide bonds. The minimum Gasteiger partial charge on any atom is -0.493 e. The normalized spacial score (nSPS) is 11.9. The van der Waals surface area contributed by atoms with Gasteiger partial charge in [-0.3, -0.25) is 0 Å². The number of sulfone groups is 1. The third kappa shape index (κ3) is 4.96. The molecule has 0 bridgehead atoms. The number of rotatable bonds is 9. The van der Waals surface area contributed by atoms with Crippen LogP contribution < -0.4 is 14.2 Å². The zero-order valence-corrected chi connectivity index (χ0v) is 16.1. The van der Waals surface area contributed by atoms with Crippen LogP contribution in [0, 0.1) is 0 Å². The Morgan fingerprint density at radius 2 is 1.46 bits per heavy atom. The zero-order chi connectivity index (χ0) is 19.2. The van der Waals surface area contributed by atoms with Gasteiger partial charge in [0.2, 0.25) is 10.0 Å². The van der Waals surface area contributed by atoms with Crippen molar-refractivity contribution in [2.45, 2.75) is 16.7 Å². The van der Waals surface area contributed by atoms with Crippen molar-refractivity contribution in [1.82, 2.24) is 4.72 Å². The van der Waals surface area contributed by atoms with Crippen molar-refractivity contribution in [2.24, 2.45) is 0 Å². The molecule has 2 aromatic rings. The van der Waals surface area contributed by atoms with E-state index in [9.17, 15) is 16.8 Å². The van der Waals surface area contributed by atoms with Crippen molar-refractivity contribution in [3.8, 4) is 11.5 Å². The van der Waals surface area contributed by atoms with E-state index in [2.05, 4.69) is 4.72 Å². The van der Waals surface area contributed by atoms with E-state index in [-0.39, 0.29) is 28.7 Å². The predicted molar refractivity (Wildman–Crippen MR) is 97.8 cm³/mol. The van der Waals surface area contributed by atoms with E-state index < -0.39 is 19.9 Å². The van der Waals surface area contributed by atoms with Crippen molar-refractivity contribution < 1.29 is 26.3 Å². The highest BCUT2D eigenvalue weighted by molar-refractivity contribution is 7.91. The molecule has 0 aliphatic heterocycles. The third-order valence-electron chi connectivity index (χ3n) is 3.59. The van der Waals surface area contributed by atoms with Gasteiger partial charge >= 0.3 is 0 Å². The van der Waals surface area contributed by atoms with Crippen LogP contribution in [0.3, 0.4) is 0 Å². The molecular weight excluding hydrogens is 378 g/mol. The molecule has 2 aromatic carbocycles. The van der Waals surface area contributed by atoms with Crippen LogP contribution >= 0.6 is 0 Å². The predicted octanol–water partition coefficient (Wildman–Crippen LogP) is 1.85. The van der Waals surface area contributed by atoms with Crippen molar-refractivity contribution in [1.29, 1.82) is 0 Å². The molecule has 0 saturated heterocycles. The van der Waals surface area contributed by atoms with Crippen molar-refractivity contribution in [3.05, 3.63) is 48.5 Å². The highest BCUT2D eigenvalue weighted by atomic mass is 32.2. The maximum atomic E-state index is 12.3. The first kappa shape index (κ1) is 20.2. The monoisotopic (exact) mass is 399 g/mol. The number of para-hydroxylation sites is 2. The zero-order valence-electron chi connectivity index (χ0n) is 14.5. The summed E-state index contributed by atoms with van der Waals surface area (Å²) in [6.07, 6.45) is 0. The van der Waals surface area contributed by atoms with Crippen LogP contribution in [0.2, 0.25) is 0 Å². The molecule has 0 atom stereocenters. The number of sulfonamides is 1. The van der Waals surface area contributed by atoms with Crippen molar-refractivity contribution in [3.63, 3.8) is 0 Å². The Morgan fingerprint density at radius 1 is 0.885 bits per heavy atom. The molecule has 0 aliphatic rings. The van der Waals surface area contributed by atoms with Gasteiger partial charge in [0.15, 0.2) is 21.3 Å². The lowest BCUT2D eigenvalue weighted by molar-refractivity contribution is 0.298. The first-order valence-electron chi connectivity index (χ1n) is 7.88. The Bertz CT molecular complexity index is 937. The lowest BCUT2D eigenvalue weighted by atomic mass is 10.3. The molecule has 0 spiro atoms. The molecule has 0 aliphatic carbocycles. The summed E-state index contributed by atoms with van der Waals surface area (Å²) in [5, 5.41) is 0. The second-order valence-electron chi connectivity index (χ2n) is 5.27. The van der Waals surface area contributed by atoms with Gasteiger partial charge in [-0.15, -0.1) is 0 Å². The molecule has 1 N–H and O–H groups in total. The molecule has 9 heteroatoms. The van der Waals surface area contributed by atoms with Gasteiger partial charge in [-0.05, 0) is 36.4 Å². The second-order valence-corrected chi connectivity index (χ2v) is 9.32. The number of benzene rings is 2. The van der Waals surface area contributed by atoms with E-state index in [1.807, 2.05) is 0 Å². The van der Waals surface area contributed by atoms with Gasteiger partial charge in [0.05, 0.1) is 22.7 Å². The number of hydrogen-bond donors (Lipinski definition) is 1. The van der Waals surface area contributed by atoms with Crippen LogP contribution in [-0.4, -0.2) is 42.8 Å².